The lowest BCUT2D eigenvalue weighted by molar-refractivity contribution is -0.122. The van der Waals surface area contributed by atoms with E-state index < -0.39 is 0 Å². The highest BCUT2D eigenvalue weighted by molar-refractivity contribution is 5.85. The zero-order valence-corrected chi connectivity index (χ0v) is 16.3. The van der Waals surface area contributed by atoms with E-state index in [0.29, 0.717) is 37.2 Å². The van der Waals surface area contributed by atoms with Crippen LogP contribution in [0, 0.1) is 11.8 Å². The highest BCUT2D eigenvalue weighted by Crippen LogP contribution is 2.28. The fourth-order valence-corrected chi connectivity index (χ4v) is 3.24. The number of hydrogen-bond acceptors (Lipinski definition) is 4. The lowest BCUT2D eigenvalue weighted by Gasteiger charge is -2.27. The van der Waals surface area contributed by atoms with Gasteiger partial charge in [0.15, 0.2) is 11.5 Å². The molecule has 0 aliphatic carbocycles. The summed E-state index contributed by atoms with van der Waals surface area (Å²) in [6.45, 7) is 7.37. The average Bonchev–Trinajstić information content (AvgIpc) is 2.61. The predicted molar refractivity (Wildman–Crippen MR) is 103 cm³/mol. The molecule has 0 bridgehead atoms. The minimum atomic E-state index is 0. The molecule has 1 unspecified atom stereocenters. The van der Waals surface area contributed by atoms with Crippen molar-refractivity contribution >= 4 is 18.3 Å². The lowest BCUT2D eigenvalue weighted by atomic mass is 9.84. The Morgan fingerprint density at radius 2 is 2.04 bits per heavy atom. The van der Waals surface area contributed by atoms with E-state index >= 15 is 0 Å². The molecule has 6 heteroatoms. The van der Waals surface area contributed by atoms with Gasteiger partial charge in [-0.1, -0.05) is 13.0 Å². The van der Waals surface area contributed by atoms with Gasteiger partial charge in [0.1, 0.15) is 0 Å². The van der Waals surface area contributed by atoms with Crippen molar-refractivity contribution in [1.82, 2.24) is 10.6 Å². The van der Waals surface area contributed by atoms with Crippen LogP contribution in [0.25, 0.3) is 0 Å². The minimum Gasteiger partial charge on any atom is -0.493 e. The normalized spacial score (nSPS) is 15.8. The molecule has 142 valence electrons. The first kappa shape index (κ1) is 21.6. The maximum atomic E-state index is 12.2. The van der Waals surface area contributed by atoms with Gasteiger partial charge < -0.3 is 20.1 Å². The van der Waals surface area contributed by atoms with Crippen LogP contribution < -0.4 is 20.1 Å². The molecule has 1 aromatic carbocycles. The molecule has 1 aliphatic rings. The number of methoxy groups -OCH3 is 1. The molecule has 1 aromatic rings. The van der Waals surface area contributed by atoms with Crippen molar-refractivity contribution in [3.05, 3.63) is 23.8 Å². The smallest absolute Gasteiger partial charge is 0.220 e. The largest absolute Gasteiger partial charge is 0.493 e. The van der Waals surface area contributed by atoms with E-state index in [1.54, 1.807) is 7.11 Å². The minimum absolute atomic E-state index is 0. The molecule has 1 saturated heterocycles. The second kappa shape index (κ2) is 11.2. The lowest BCUT2D eigenvalue weighted by Crippen LogP contribution is -2.33. The van der Waals surface area contributed by atoms with E-state index in [9.17, 15) is 4.79 Å². The fourth-order valence-electron chi connectivity index (χ4n) is 3.24. The van der Waals surface area contributed by atoms with E-state index in [1.807, 2.05) is 25.1 Å². The molecule has 5 nitrogen and oxygen atoms in total. The fraction of sp³-hybridized carbons (Fsp3) is 0.632. The van der Waals surface area contributed by atoms with Gasteiger partial charge in [-0.3, -0.25) is 4.79 Å². The van der Waals surface area contributed by atoms with E-state index in [-0.39, 0.29) is 18.3 Å². The Labute approximate surface area is 157 Å². The Bertz CT molecular complexity index is 533. The SMILES string of the molecule is CCOc1cc(CNC(=O)CC(C)C2CCNCC2)ccc1OC.Cl. The molecule has 1 aliphatic heterocycles. The van der Waals surface area contributed by atoms with Gasteiger partial charge in [-0.05, 0) is 62.4 Å². The van der Waals surface area contributed by atoms with Crippen LogP contribution in [0.2, 0.25) is 0 Å². The molecule has 0 aromatic heterocycles. The Balaban J connectivity index is 0.00000312. The summed E-state index contributed by atoms with van der Waals surface area (Å²) in [5.74, 6) is 2.64. The molecule has 1 fully saturated rings. The molecule has 1 amide bonds. The molecule has 1 heterocycles. The van der Waals surface area contributed by atoms with Gasteiger partial charge in [-0.25, -0.2) is 0 Å². The number of ether oxygens (including phenoxy) is 2. The van der Waals surface area contributed by atoms with Crippen LogP contribution in [-0.4, -0.2) is 32.7 Å². The summed E-state index contributed by atoms with van der Waals surface area (Å²) in [4.78, 5) is 12.2. The van der Waals surface area contributed by atoms with Crippen LogP contribution in [-0.2, 0) is 11.3 Å². The third-order valence-electron chi connectivity index (χ3n) is 4.71. The first-order valence-electron chi connectivity index (χ1n) is 8.91. The van der Waals surface area contributed by atoms with Crippen molar-refractivity contribution in [2.75, 3.05) is 26.8 Å². The van der Waals surface area contributed by atoms with E-state index in [4.69, 9.17) is 9.47 Å². The van der Waals surface area contributed by atoms with Crippen molar-refractivity contribution < 1.29 is 14.3 Å². The van der Waals surface area contributed by atoms with Gasteiger partial charge in [0.2, 0.25) is 5.91 Å². The summed E-state index contributed by atoms with van der Waals surface area (Å²) in [5.41, 5.74) is 1.02. The van der Waals surface area contributed by atoms with Crippen LogP contribution >= 0.6 is 12.4 Å². The third-order valence-corrected chi connectivity index (χ3v) is 4.71. The van der Waals surface area contributed by atoms with Crippen LogP contribution in [0.15, 0.2) is 18.2 Å². The maximum Gasteiger partial charge on any atom is 0.220 e. The van der Waals surface area contributed by atoms with E-state index in [1.165, 1.54) is 12.8 Å². The number of hydrogen-bond donors (Lipinski definition) is 2. The number of carbonyl (C=O) groups excluding carboxylic acids is 1. The van der Waals surface area contributed by atoms with Gasteiger partial charge in [0.25, 0.3) is 0 Å². The first-order chi connectivity index (χ1) is 11.6. The summed E-state index contributed by atoms with van der Waals surface area (Å²) in [6.07, 6.45) is 2.94. The molecule has 1 atom stereocenters. The Morgan fingerprint density at radius 1 is 1.32 bits per heavy atom. The van der Waals surface area contributed by atoms with Crippen molar-refractivity contribution in [1.29, 1.82) is 0 Å². The quantitative estimate of drug-likeness (QED) is 0.738. The Hall–Kier alpha value is -1.46. The average molecular weight is 371 g/mol. The number of piperidine rings is 1. The van der Waals surface area contributed by atoms with E-state index in [0.717, 1.165) is 24.4 Å². The molecule has 0 spiro atoms. The van der Waals surface area contributed by atoms with Crippen molar-refractivity contribution in [2.45, 2.75) is 39.7 Å². The molecule has 2 N–H and O–H groups in total. The number of nitrogens with one attached hydrogen (secondary N) is 2. The summed E-state index contributed by atoms with van der Waals surface area (Å²) in [6, 6.07) is 5.76. The van der Waals surface area contributed by atoms with Gasteiger partial charge in [-0.2, -0.15) is 0 Å². The van der Waals surface area contributed by atoms with Gasteiger partial charge in [0, 0.05) is 13.0 Å². The van der Waals surface area contributed by atoms with Crippen molar-refractivity contribution in [2.24, 2.45) is 11.8 Å². The summed E-state index contributed by atoms with van der Waals surface area (Å²) in [7, 11) is 1.63. The van der Waals surface area contributed by atoms with Crippen LogP contribution in [0.3, 0.4) is 0 Å². The predicted octanol–water partition coefficient (Wildman–Crippen LogP) is 3.16. The number of halogens is 1. The summed E-state index contributed by atoms with van der Waals surface area (Å²) < 4.78 is 10.9. The zero-order chi connectivity index (χ0) is 17.4. The Kier molecular flexibility index (Phi) is 9.68. The molecule has 0 radical (unpaired) electrons. The topological polar surface area (TPSA) is 59.6 Å². The molecule has 2 rings (SSSR count). The number of benzene rings is 1. The van der Waals surface area contributed by atoms with Crippen LogP contribution in [0.1, 0.15) is 38.7 Å². The van der Waals surface area contributed by atoms with Crippen LogP contribution in [0.5, 0.6) is 11.5 Å². The maximum absolute atomic E-state index is 12.2. The van der Waals surface area contributed by atoms with Gasteiger partial charge in [-0.15, -0.1) is 12.4 Å². The van der Waals surface area contributed by atoms with Crippen LogP contribution in [0.4, 0.5) is 0 Å². The van der Waals surface area contributed by atoms with Crippen molar-refractivity contribution in [3.63, 3.8) is 0 Å². The zero-order valence-electron chi connectivity index (χ0n) is 15.5. The summed E-state index contributed by atoms with van der Waals surface area (Å²) in [5, 5.41) is 6.40. The summed E-state index contributed by atoms with van der Waals surface area (Å²) >= 11 is 0. The molecule has 0 saturated carbocycles. The van der Waals surface area contributed by atoms with Crippen molar-refractivity contribution in [3.8, 4) is 11.5 Å². The number of rotatable bonds is 8. The second-order valence-electron chi connectivity index (χ2n) is 6.46. The first-order valence-corrected chi connectivity index (χ1v) is 8.91. The molecule has 25 heavy (non-hydrogen) atoms. The monoisotopic (exact) mass is 370 g/mol. The standard InChI is InChI=1S/C19H30N2O3.ClH/c1-4-24-18-12-15(5-6-17(18)23-3)13-21-19(22)11-14(2)16-7-9-20-10-8-16;/h5-6,12,14,16,20H,4,7-11,13H2,1-3H3,(H,21,22);1H. The molecular weight excluding hydrogens is 340 g/mol. The van der Waals surface area contributed by atoms with Gasteiger partial charge in [0.05, 0.1) is 13.7 Å². The molecular formula is C19H31ClN2O3. The number of amides is 1. The second-order valence-corrected chi connectivity index (χ2v) is 6.46. The third kappa shape index (κ3) is 6.75. The number of carbonyl (C=O) groups is 1. The van der Waals surface area contributed by atoms with Gasteiger partial charge >= 0.3 is 0 Å². The Morgan fingerprint density at radius 3 is 2.68 bits per heavy atom. The highest BCUT2D eigenvalue weighted by Gasteiger charge is 2.21. The highest BCUT2D eigenvalue weighted by atomic mass is 35.5. The van der Waals surface area contributed by atoms with E-state index in [2.05, 4.69) is 17.6 Å².